The molecule has 0 aliphatic carbocycles. The van der Waals surface area contributed by atoms with E-state index in [1.165, 1.54) is 58.2 Å². The minimum atomic E-state index is -3.66. The van der Waals surface area contributed by atoms with E-state index < -0.39 is 27.7 Å². The standard InChI is InChI=1S/C28H29BrFN3O4S/c1-32(19-22-7-12-25(29)26(30)18-22)28(35)27(34)31-23-8-10-24(11-9-23)38(36,37)33-15-13-21(14-16-33)17-20-5-3-2-4-6-20/h2-12,18,21H,13-17,19H2,1H3,(H,31,34). The normalized spacial score (nSPS) is 14.7. The number of benzene rings is 3. The molecule has 1 fully saturated rings. The number of rotatable bonds is 7. The van der Waals surface area contributed by atoms with E-state index in [2.05, 4.69) is 33.4 Å². The molecule has 0 unspecified atom stereocenters. The molecule has 0 spiro atoms. The van der Waals surface area contributed by atoms with Gasteiger partial charge in [0.25, 0.3) is 0 Å². The van der Waals surface area contributed by atoms with Crippen LogP contribution in [0.5, 0.6) is 0 Å². The van der Waals surface area contributed by atoms with Crippen LogP contribution >= 0.6 is 15.9 Å². The fourth-order valence-electron chi connectivity index (χ4n) is 4.50. The molecule has 0 saturated carbocycles. The summed E-state index contributed by atoms with van der Waals surface area (Å²) in [7, 11) is -2.22. The first-order valence-corrected chi connectivity index (χ1v) is 14.5. The van der Waals surface area contributed by atoms with Gasteiger partial charge >= 0.3 is 11.8 Å². The molecular formula is C28H29BrFN3O4S. The minimum Gasteiger partial charge on any atom is -0.333 e. The highest BCUT2D eigenvalue weighted by molar-refractivity contribution is 9.10. The molecule has 3 aromatic rings. The Balaban J connectivity index is 1.31. The van der Waals surface area contributed by atoms with Gasteiger partial charge in [0.05, 0.1) is 9.37 Å². The second kappa shape index (κ2) is 12.2. The van der Waals surface area contributed by atoms with Gasteiger partial charge in [-0.15, -0.1) is 0 Å². The number of hydrogen-bond acceptors (Lipinski definition) is 4. The van der Waals surface area contributed by atoms with Crippen LogP contribution in [0.4, 0.5) is 10.1 Å². The van der Waals surface area contributed by atoms with Gasteiger partial charge < -0.3 is 10.2 Å². The lowest BCUT2D eigenvalue weighted by Gasteiger charge is -2.31. The van der Waals surface area contributed by atoms with Crippen molar-refractivity contribution < 1.29 is 22.4 Å². The molecule has 4 rings (SSSR count). The van der Waals surface area contributed by atoms with Crippen molar-refractivity contribution in [3.63, 3.8) is 0 Å². The van der Waals surface area contributed by atoms with Gasteiger partial charge in [0.15, 0.2) is 0 Å². The Morgan fingerprint density at radius 3 is 2.29 bits per heavy atom. The lowest BCUT2D eigenvalue weighted by atomic mass is 9.91. The van der Waals surface area contributed by atoms with Gasteiger partial charge in [-0.1, -0.05) is 36.4 Å². The van der Waals surface area contributed by atoms with Crippen LogP contribution in [0.15, 0.2) is 82.2 Å². The van der Waals surface area contributed by atoms with Crippen LogP contribution in [-0.2, 0) is 32.6 Å². The number of sulfonamides is 1. The predicted molar refractivity (Wildman–Crippen MR) is 147 cm³/mol. The highest BCUT2D eigenvalue weighted by Crippen LogP contribution is 2.27. The summed E-state index contributed by atoms with van der Waals surface area (Å²) in [5.74, 6) is -1.69. The van der Waals surface area contributed by atoms with Gasteiger partial charge in [-0.2, -0.15) is 4.31 Å². The van der Waals surface area contributed by atoms with Gasteiger partial charge in [-0.25, -0.2) is 12.8 Å². The Morgan fingerprint density at radius 2 is 1.66 bits per heavy atom. The third-order valence-electron chi connectivity index (χ3n) is 6.64. The van der Waals surface area contributed by atoms with Crippen molar-refractivity contribution in [1.29, 1.82) is 0 Å². The number of carbonyl (C=O) groups excluding carboxylic acids is 2. The van der Waals surface area contributed by atoms with Crippen LogP contribution in [-0.4, -0.2) is 49.6 Å². The van der Waals surface area contributed by atoms with E-state index in [0.717, 1.165) is 19.3 Å². The number of piperidine rings is 1. The Hall–Kier alpha value is -3.08. The first kappa shape index (κ1) is 27.9. The Morgan fingerprint density at radius 1 is 1.00 bits per heavy atom. The van der Waals surface area contributed by atoms with Gasteiger partial charge in [-0.3, -0.25) is 9.59 Å². The third-order valence-corrected chi connectivity index (χ3v) is 9.19. The summed E-state index contributed by atoms with van der Waals surface area (Å²) in [4.78, 5) is 26.2. The molecule has 2 amide bonds. The molecule has 1 aliphatic rings. The van der Waals surface area contributed by atoms with Gasteiger partial charge in [0.1, 0.15) is 5.82 Å². The number of carbonyl (C=O) groups is 2. The van der Waals surface area contributed by atoms with Crippen LogP contribution in [0.3, 0.4) is 0 Å². The second-order valence-electron chi connectivity index (χ2n) is 9.43. The topological polar surface area (TPSA) is 86.8 Å². The number of anilines is 1. The molecule has 1 saturated heterocycles. The largest absolute Gasteiger partial charge is 0.333 e. The maximum atomic E-state index is 13.7. The van der Waals surface area contributed by atoms with Crippen LogP contribution in [0, 0.1) is 11.7 Å². The summed E-state index contributed by atoms with van der Waals surface area (Å²) in [6.07, 6.45) is 2.53. The molecule has 3 aromatic carbocycles. The molecule has 200 valence electrons. The first-order chi connectivity index (χ1) is 18.1. The number of halogens is 2. The van der Waals surface area contributed by atoms with Crippen molar-refractivity contribution in [1.82, 2.24) is 9.21 Å². The molecular weight excluding hydrogens is 573 g/mol. The lowest BCUT2D eigenvalue weighted by molar-refractivity contribution is -0.142. The molecule has 0 atom stereocenters. The van der Waals surface area contributed by atoms with Crippen molar-refractivity contribution >= 4 is 43.5 Å². The first-order valence-electron chi connectivity index (χ1n) is 12.3. The van der Waals surface area contributed by atoms with Gasteiger partial charge in [0.2, 0.25) is 10.0 Å². The SMILES string of the molecule is CN(Cc1ccc(Br)c(F)c1)C(=O)C(=O)Nc1ccc(S(=O)(=O)N2CCC(Cc3ccccc3)CC2)cc1. The quantitative estimate of drug-likeness (QED) is 0.393. The van der Waals surface area contributed by atoms with E-state index in [1.807, 2.05) is 18.2 Å². The predicted octanol–water partition coefficient (Wildman–Crippen LogP) is 4.83. The molecule has 7 nitrogen and oxygen atoms in total. The van der Waals surface area contributed by atoms with E-state index >= 15 is 0 Å². The number of nitrogens with zero attached hydrogens (tertiary/aromatic N) is 2. The Bertz CT molecular complexity index is 1390. The lowest BCUT2D eigenvalue weighted by Crippen LogP contribution is -2.38. The zero-order valence-corrected chi connectivity index (χ0v) is 23.3. The number of likely N-dealkylation sites (N-methyl/N-ethyl adjacent to an activating group) is 1. The molecule has 10 heteroatoms. The van der Waals surface area contributed by atoms with E-state index in [-0.39, 0.29) is 11.4 Å². The number of hydrogen-bond donors (Lipinski definition) is 1. The zero-order valence-electron chi connectivity index (χ0n) is 20.9. The van der Waals surface area contributed by atoms with E-state index in [4.69, 9.17) is 0 Å². The third kappa shape index (κ3) is 6.86. The van der Waals surface area contributed by atoms with Crippen molar-refractivity contribution in [2.24, 2.45) is 5.92 Å². The summed E-state index contributed by atoms with van der Waals surface area (Å²) in [5, 5.41) is 2.50. The van der Waals surface area contributed by atoms with Gasteiger partial charge in [0, 0.05) is 32.4 Å². The molecule has 1 aliphatic heterocycles. The van der Waals surface area contributed by atoms with Crippen molar-refractivity contribution in [3.05, 3.63) is 94.2 Å². The number of amides is 2. The van der Waals surface area contributed by atoms with E-state index in [9.17, 15) is 22.4 Å². The summed E-state index contributed by atoms with van der Waals surface area (Å²) >= 11 is 3.08. The van der Waals surface area contributed by atoms with Crippen LogP contribution in [0.25, 0.3) is 0 Å². The molecule has 1 heterocycles. The molecule has 0 radical (unpaired) electrons. The Labute approximate surface area is 230 Å². The highest BCUT2D eigenvalue weighted by Gasteiger charge is 2.29. The second-order valence-corrected chi connectivity index (χ2v) is 12.2. The van der Waals surface area contributed by atoms with E-state index in [0.29, 0.717) is 34.7 Å². The maximum absolute atomic E-state index is 13.7. The molecule has 0 aromatic heterocycles. The van der Waals surface area contributed by atoms with Crippen molar-refractivity contribution in [2.45, 2.75) is 30.7 Å². The molecule has 38 heavy (non-hydrogen) atoms. The van der Waals surface area contributed by atoms with Crippen molar-refractivity contribution in [2.75, 3.05) is 25.5 Å². The summed E-state index contributed by atoms with van der Waals surface area (Å²) in [6, 6.07) is 20.5. The average Bonchev–Trinajstić information content (AvgIpc) is 2.91. The summed E-state index contributed by atoms with van der Waals surface area (Å²) < 4.78 is 41.9. The zero-order chi connectivity index (χ0) is 27.3. The smallest absolute Gasteiger partial charge is 0.313 e. The van der Waals surface area contributed by atoms with Crippen LogP contribution < -0.4 is 5.32 Å². The summed E-state index contributed by atoms with van der Waals surface area (Å²) in [6.45, 7) is 0.971. The van der Waals surface area contributed by atoms with Crippen LogP contribution in [0.1, 0.15) is 24.0 Å². The summed E-state index contributed by atoms with van der Waals surface area (Å²) in [5.41, 5.74) is 2.10. The minimum absolute atomic E-state index is 0.0513. The van der Waals surface area contributed by atoms with Gasteiger partial charge in [-0.05, 0) is 88.6 Å². The van der Waals surface area contributed by atoms with Crippen molar-refractivity contribution in [3.8, 4) is 0 Å². The maximum Gasteiger partial charge on any atom is 0.313 e. The van der Waals surface area contributed by atoms with Crippen LogP contribution in [0.2, 0.25) is 0 Å². The van der Waals surface area contributed by atoms with E-state index in [1.54, 1.807) is 6.07 Å². The monoisotopic (exact) mass is 601 g/mol. The highest BCUT2D eigenvalue weighted by atomic mass is 79.9. The molecule has 1 N–H and O–H groups in total. The molecule has 0 bridgehead atoms. The Kier molecular flexibility index (Phi) is 8.96. The average molecular weight is 603 g/mol. The fourth-order valence-corrected chi connectivity index (χ4v) is 6.22. The fraction of sp³-hybridized carbons (Fsp3) is 0.286. The number of nitrogens with one attached hydrogen (secondary N) is 1.